The van der Waals surface area contributed by atoms with Crippen LogP contribution in [0.1, 0.15) is 37.9 Å². The third-order valence-electron chi connectivity index (χ3n) is 5.83. The fourth-order valence-electron chi connectivity index (χ4n) is 4.23. The van der Waals surface area contributed by atoms with E-state index in [1.54, 1.807) is 18.7 Å². The average molecular weight is 487 g/mol. The summed E-state index contributed by atoms with van der Waals surface area (Å²) in [7, 11) is 0. The van der Waals surface area contributed by atoms with E-state index in [9.17, 15) is 4.79 Å². The van der Waals surface area contributed by atoms with Crippen LogP contribution in [0.15, 0.2) is 95.1 Å². The Kier molecular flexibility index (Phi) is 7.93. The lowest BCUT2D eigenvalue weighted by Crippen LogP contribution is -2.34. The number of hydrogen-bond donors (Lipinski definition) is 0. The number of carbonyl (C=O) groups excluding carboxylic acids is 1. The standard InChI is InChI=1S/C29H30N2O3S/c1-5-33-26-18-23(16-17-25(26)34-19-22-12-8-6-9-13-22)28-27(21(3)32)20(2)31(29(30-28)35-4)24-14-10-7-11-15-24/h6-18,28H,5,19H2,1-4H3/t28-/m0/s1. The Hall–Kier alpha value is -3.51. The Morgan fingerprint density at radius 1 is 0.971 bits per heavy atom. The molecule has 0 saturated heterocycles. The van der Waals surface area contributed by atoms with Crippen molar-refractivity contribution in [3.63, 3.8) is 0 Å². The third-order valence-corrected chi connectivity index (χ3v) is 6.48. The second-order valence-corrected chi connectivity index (χ2v) is 8.93. The normalized spacial score (nSPS) is 15.6. The van der Waals surface area contributed by atoms with Crippen LogP contribution in [0.2, 0.25) is 0 Å². The van der Waals surface area contributed by atoms with Gasteiger partial charge in [-0.15, -0.1) is 0 Å². The molecule has 0 radical (unpaired) electrons. The van der Waals surface area contributed by atoms with Gasteiger partial charge in [0, 0.05) is 17.0 Å². The van der Waals surface area contributed by atoms with Crippen LogP contribution < -0.4 is 14.4 Å². The monoisotopic (exact) mass is 486 g/mol. The quantitative estimate of drug-likeness (QED) is 0.350. The minimum Gasteiger partial charge on any atom is -0.490 e. The van der Waals surface area contributed by atoms with Gasteiger partial charge >= 0.3 is 0 Å². The van der Waals surface area contributed by atoms with Crippen molar-refractivity contribution in [2.45, 2.75) is 33.4 Å². The molecule has 6 heteroatoms. The Morgan fingerprint density at radius 3 is 2.29 bits per heavy atom. The average Bonchev–Trinajstić information content (AvgIpc) is 2.88. The first-order valence-corrected chi connectivity index (χ1v) is 12.9. The predicted molar refractivity (Wildman–Crippen MR) is 144 cm³/mol. The number of carbonyl (C=O) groups is 1. The van der Waals surface area contributed by atoms with Gasteiger partial charge in [-0.05, 0) is 62.4 Å². The van der Waals surface area contributed by atoms with Crippen LogP contribution in [-0.2, 0) is 11.4 Å². The number of ether oxygens (including phenoxy) is 2. The molecule has 1 aliphatic heterocycles. The summed E-state index contributed by atoms with van der Waals surface area (Å²) in [5.74, 6) is 1.31. The highest BCUT2D eigenvalue weighted by molar-refractivity contribution is 8.13. The lowest BCUT2D eigenvalue weighted by atomic mass is 9.93. The second kappa shape index (κ2) is 11.3. The number of anilines is 1. The summed E-state index contributed by atoms with van der Waals surface area (Å²) in [6, 6.07) is 25.5. The van der Waals surface area contributed by atoms with E-state index < -0.39 is 6.04 Å². The minimum absolute atomic E-state index is 0.000279. The number of aliphatic imine (C=N–C) groups is 1. The van der Waals surface area contributed by atoms with Crippen molar-refractivity contribution in [3.8, 4) is 11.5 Å². The van der Waals surface area contributed by atoms with Crippen molar-refractivity contribution in [3.05, 3.63) is 101 Å². The van der Waals surface area contributed by atoms with Gasteiger partial charge in [-0.3, -0.25) is 9.69 Å². The molecule has 0 bridgehead atoms. The highest BCUT2D eigenvalue weighted by Gasteiger charge is 2.32. The van der Waals surface area contributed by atoms with Crippen LogP contribution in [0.25, 0.3) is 0 Å². The first kappa shape index (κ1) is 24.6. The summed E-state index contributed by atoms with van der Waals surface area (Å²) >= 11 is 1.56. The van der Waals surface area contributed by atoms with E-state index in [0.717, 1.165) is 27.7 Å². The molecule has 3 aromatic carbocycles. The summed E-state index contributed by atoms with van der Waals surface area (Å²) < 4.78 is 12.0. The molecule has 1 heterocycles. The van der Waals surface area contributed by atoms with E-state index in [4.69, 9.17) is 14.5 Å². The molecule has 35 heavy (non-hydrogen) atoms. The molecule has 5 nitrogen and oxygen atoms in total. The Labute approximate surface area is 211 Å². The highest BCUT2D eigenvalue weighted by atomic mass is 32.2. The topological polar surface area (TPSA) is 51.1 Å². The first-order chi connectivity index (χ1) is 17.0. The van der Waals surface area contributed by atoms with Crippen LogP contribution in [0.3, 0.4) is 0 Å². The number of benzene rings is 3. The lowest BCUT2D eigenvalue weighted by Gasteiger charge is -2.34. The van der Waals surface area contributed by atoms with E-state index in [1.165, 1.54) is 0 Å². The summed E-state index contributed by atoms with van der Waals surface area (Å²) in [5, 5.41) is 0.839. The third kappa shape index (κ3) is 5.43. The SMILES string of the molecule is CCOc1cc([C@@H]2N=C(SC)N(c3ccccc3)C(C)=C2C(C)=O)ccc1OCc1ccccc1. The maximum Gasteiger partial charge on any atom is 0.168 e. The van der Waals surface area contributed by atoms with Crippen molar-refractivity contribution in [1.29, 1.82) is 0 Å². The number of hydrogen-bond acceptors (Lipinski definition) is 6. The Morgan fingerprint density at radius 2 is 1.66 bits per heavy atom. The van der Waals surface area contributed by atoms with Crippen molar-refractivity contribution >= 4 is 28.4 Å². The molecule has 0 saturated carbocycles. The van der Waals surface area contributed by atoms with Crippen LogP contribution in [0, 0.1) is 0 Å². The molecule has 0 aromatic heterocycles. The molecule has 1 aliphatic rings. The zero-order valence-electron chi connectivity index (χ0n) is 20.5. The van der Waals surface area contributed by atoms with Crippen molar-refractivity contribution in [2.24, 2.45) is 4.99 Å². The number of ketones is 1. The number of para-hydroxylation sites is 1. The molecule has 3 aromatic rings. The molecule has 0 fully saturated rings. The fourth-order valence-corrected chi connectivity index (χ4v) is 4.86. The molecule has 1 atom stereocenters. The Balaban J connectivity index is 1.71. The maximum absolute atomic E-state index is 12.9. The smallest absolute Gasteiger partial charge is 0.168 e. The minimum atomic E-state index is -0.419. The van der Waals surface area contributed by atoms with Crippen LogP contribution in [0.4, 0.5) is 5.69 Å². The van der Waals surface area contributed by atoms with Crippen molar-refractivity contribution in [2.75, 3.05) is 17.8 Å². The number of thioether (sulfide) groups is 1. The zero-order valence-corrected chi connectivity index (χ0v) is 21.3. The molecule has 4 rings (SSSR count). The summed E-state index contributed by atoms with van der Waals surface area (Å²) in [4.78, 5) is 20.0. The van der Waals surface area contributed by atoms with Crippen LogP contribution in [0.5, 0.6) is 11.5 Å². The largest absolute Gasteiger partial charge is 0.490 e. The summed E-state index contributed by atoms with van der Waals surface area (Å²) in [6.45, 7) is 6.49. The van der Waals surface area contributed by atoms with Crippen LogP contribution >= 0.6 is 11.8 Å². The van der Waals surface area contributed by atoms with Gasteiger partial charge < -0.3 is 9.47 Å². The zero-order chi connectivity index (χ0) is 24.8. The molecule has 0 unspecified atom stereocenters. The number of nitrogens with zero attached hydrogens (tertiary/aromatic N) is 2. The number of allylic oxidation sites excluding steroid dienone is 1. The molecule has 180 valence electrons. The van der Waals surface area contributed by atoms with E-state index in [-0.39, 0.29) is 5.78 Å². The highest BCUT2D eigenvalue weighted by Crippen LogP contribution is 2.41. The molecular formula is C29H30N2O3S. The second-order valence-electron chi connectivity index (χ2n) is 8.16. The van der Waals surface area contributed by atoms with Gasteiger partial charge in [0.25, 0.3) is 0 Å². The molecule has 0 aliphatic carbocycles. The number of amidine groups is 1. The van der Waals surface area contributed by atoms with Gasteiger partial charge in [-0.25, -0.2) is 4.99 Å². The van der Waals surface area contributed by atoms with Gasteiger partial charge in [0.2, 0.25) is 0 Å². The van der Waals surface area contributed by atoms with Gasteiger partial charge in [0.15, 0.2) is 22.4 Å². The molecular weight excluding hydrogens is 456 g/mol. The lowest BCUT2D eigenvalue weighted by molar-refractivity contribution is -0.113. The van der Waals surface area contributed by atoms with E-state index in [1.807, 2.05) is 99.0 Å². The van der Waals surface area contributed by atoms with Crippen molar-refractivity contribution in [1.82, 2.24) is 0 Å². The predicted octanol–water partition coefficient (Wildman–Crippen LogP) is 6.81. The summed E-state index contributed by atoms with van der Waals surface area (Å²) in [5.41, 5.74) is 4.51. The Bertz CT molecular complexity index is 1240. The van der Waals surface area contributed by atoms with E-state index in [0.29, 0.717) is 30.3 Å². The van der Waals surface area contributed by atoms with Gasteiger partial charge in [-0.1, -0.05) is 66.4 Å². The van der Waals surface area contributed by atoms with Crippen LogP contribution in [-0.4, -0.2) is 23.8 Å². The molecule has 0 N–H and O–H groups in total. The maximum atomic E-state index is 12.9. The van der Waals surface area contributed by atoms with Gasteiger partial charge in [0.1, 0.15) is 12.6 Å². The fraction of sp³-hybridized carbons (Fsp3) is 0.241. The van der Waals surface area contributed by atoms with Gasteiger partial charge in [-0.2, -0.15) is 0 Å². The first-order valence-electron chi connectivity index (χ1n) is 11.7. The number of rotatable bonds is 8. The van der Waals surface area contributed by atoms with E-state index in [2.05, 4.69) is 4.90 Å². The number of Topliss-reactive ketones (excluding diaryl/α,β-unsaturated/α-hetero) is 1. The summed E-state index contributed by atoms with van der Waals surface area (Å²) in [6.07, 6.45) is 2.00. The van der Waals surface area contributed by atoms with E-state index >= 15 is 0 Å². The molecule has 0 amide bonds. The van der Waals surface area contributed by atoms with Crippen molar-refractivity contribution < 1.29 is 14.3 Å². The molecule has 0 spiro atoms. The van der Waals surface area contributed by atoms with Gasteiger partial charge in [0.05, 0.1) is 6.61 Å².